The molecule has 0 atom stereocenters. The van der Waals surface area contributed by atoms with E-state index in [-0.39, 0.29) is 86.2 Å². The number of amides is 2. The van der Waals surface area contributed by atoms with E-state index >= 15 is 0 Å². The molecule has 0 unspecified atom stereocenters. The van der Waals surface area contributed by atoms with Gasteiger partial charge in [0.2, 0.25) is 0 Å². The van der Waals surface area contributed by atoms with Crippen molar-refractivity contribution in [2.24, 2.45) is 0 Å². The molecule has 10 bridgehead atoms. The molecule has 70 heavy (non-hydrogen) atoms. The molecule has 0 aromatic heterocycles. The van der Waals surface area contributed by atoms with Crippen LogP contribution in [-0.2, 0) is 50.3 Å². The van der Waals surface area contributed by atoms with Crippen molar-refractivity contribution in [3.05, 3.63) is 70.8 Å². The summed E-state index contributed by atoms with van der Waals surface area (Å²) in [6.45, 7) is 28.6. The predicted octanol–water partition coefficient (Wildman–Crippen LogP) is 11.7. The van der Waals surface area contributed by atoms with Gasteiger partial charge in [-0.2, -0.15) is 0 Å². The van der Waals surface area contributed by atoms with E-state index < -0.39 is 11.9 Å². The van der Waals surface area contributed by atoms with Crippen molar-refractivity contribution in [1.29, 1.82) is 0 Å². The zero-order chi connectivity index (χ0) is 51.3. The fourth-order valence-electron chi connectivity index (χ4n) is 7.14. The fourth-order valence-corrected chi connectivity index (χ4v) is 11.9. The Morgan fingerprint density at radius 1 is 0.471 bits per heavy atom. The minimum absolute atomic E-state index is 0.176. The van der Waals surface area contributed by atoms with Crippen LogP contribution in [0.1, 0.15) is 119 Å². The van der Waals surface area contributed by atoms with Crippen molar-refractivity contribution in [2.45, 2.75) is 158 Å². The maximum absolute atomic E-state index is 13.5. The van der Waals surface area contributed by atoms with E-state index in [9.17, 15) is 19.2 Å². The molecule has 16 heteroatoms. The Labute approximate surface area is 430 Å². The lowest BCUT2D eigenvalue weighted by molar-refractivity contribution is -0.146. The summed E-state index contributed by atoms with van der Waals surface area (Å²) in [4.78, 5) is 58.9. The number of hydrogen-bond donors (Lipinski definition) is 2. The average Bonchev–Trinajstić information content (AvgIpc) is 3.25. The summed E-state index contributed by atoms with van der Waals surface area (Å²) < 4.78 is 37.4. The predicted molar refractivity (Wildman–Crippen MR) is 278 cm³/mol. The lowest BCUT2D eigenvalue weighted by atomic mass is 9.87. The second-order valence-corrected chi connectivity index (χ2v) is 25.4. The Balaban J connectivity index is 1.82. The quantitative estimate of drug-likeness (QED) is 0.142. The van der Waals surface area contributed by atoms with E-state index in [0.717, 1.165) is 22.3 Å². The Morgan fingerprint density at radius 2 is 0.729 bits per heavy atom. The monoisotopic (exact) mass is 1030 g/mol. The molecule has 378 valence electrons. The van der Waals surface area contributed by atoms with Crippen molar-refractivity contribution in [3.63, 3.8) is 0 Å². The molecule has 2 heterocycles. The molecule has 2 aliphatic heterocycles. The summed E-state index contributed by atoms with van der Waals surface area (Å²) in [5, 5.41) is 5.74. The highest BCUT2D eigenvalue weighted by molar-refractivity contribution is 8.01. The molecule has 2 N–H and O–H groups in total. The van der Waals surface area contributed by atoms with Crippen LogP contribution in [0.15, 0.2) is 87.7 Å². The molecule has 12 nitrogen and oxygen atoms in total. The largest absolute Gasteiger partial charge is 0.481 e. The molecular weight excluding hydrogens is 965 g/mol. The Kier molecular flexibility index (Phi) is 17.5. The van der Waals surface area contributed by atoms with Gasteiger partial charge < -0.3 is 39.1 Å². The third-order valence-corrected chi connectivity index (χ3v) is 15.4. The lowest BCUT2D eigenvalue weighted by Gasteiger charge is -2.28. The van der Waals surface area contributed by atoms with E-state index in [4.69, 9.17) is 28.4 Å². The first-order valence-electron chi connectivity index (χ1n) is 23.6. The van der Waals surface area contributed by atoms with Gasteiger partial charge >= 0.3 is 11.9 Å². The highest BCUT2D eigenvalue weighted by atomic mass is 32.2. The molecular formula is C54H68N2O10S4. The molecule has 0 radical (unpaired) electrons. The highest BCUT2D eigenvalue weighted by Crippen LogP contribution is 2.56. The van der Waals surface area contributed by atoms with Crippen molar-refractivity contribution < 1.29 is 47.6 Å². The van der Waals surface area contributed by atoms with E-state index in [1.165, 1.54) is 47.0 Å². The molecule has 0 spiro atoms. The molecule has 2 amide bonds. The number of carbonyl (C=O) groups excluding carboxylic acids is 4. The van der Waals surface area contributed by atoms with E-state index in [1.807, 2.05) is 0 Å². The van der Waals surface area contributed by atoms with Crippen LogP contribution in [0.5, 0.6) is 23.0 Å². The van der Waals surface area contributed by atoms with Crippen LogP contribution in [0.4, 0.5) is 0 Å². The van der Waals surface area contributed by atoms with E-state index in [2.05, 4.69) is 142 Å². The fraction of sp³-hybridized carbons (Fsp3) is 0.481. The molecule has 0 saturated carbocycles. The standard InChI is InChI=1S/C54H68N2O10S4/c1-15-61-45(59)29-65-49-39-23-33(53(9,10)11)25-41(49)70-42-26-34(54(12,13)14)24-40(50(42)66-30-46(60)62-16-2)69-38-22-32(52(6,7)8)20-36-48(38)64-28-44(58)56-18-17-55-43(57)27-63-47-35(67-36)19-31(51(3,4)5)21-37(47)68-39/h19-26H,15-18,27-30H2,1-14H3,(H,55,57)(H,56,58). The Bertz CT molecular complexity index is 2440. The summed E-state index contributed by atoms with van der Waals surface area (Å²) in [5.74, 6) is 0.0383. The van der Waals surface area contributed by atoms with Gasteiger partial charge in [0.05, 0.1) is 52.4 Å². The van der Waals surface area contributed by atoms with Crippen molar-refractivity contribution in [1.82, 2.24) is 10.6 Å². The minimum atomic E-state index is -0.526. The number of fused-ring (bicyclic) bond motifs is 4. The van der Waals surface area contributed by atoms with E-state index in [1.54, 1.807) is 13.8 Å². The third kappa shape index (κ3) is 14.1. The number of rotatable bonds is 8. The molecule has 4 aromatic carbocycles. The average molecular weight is 1030 g/mol. The zero-order valence-electron chi connectivity index (χ0n) is 43.0. The van der Waals surface area contributed by atoms with E-state index in [0.29, 0.717) is 62.2 Å². The number of carbonyl (C=O) groups is 4. The first-order chi connectivity index (χ1) is 32.7. The van der Waals surface area contributed by atoms with Crippen molar-refractivity contribution in [3.8, 4) is 23.0 Å². The Hall–Kier alpha value is -4.64. The lowest BCUT2D eigenvalue weighted by Crippen LogP contribution is -2.38. The molecule has 0 fully saturated rings. The van der Waals surface area contributed by atoms with Gasteiger partial charge in [0, 0.05) is 13.1 Å². The summed E-state index contributed by atoms with van der Waals surface area (Å²) >= 11 is 5.68. The molecule has 4 aromatic rings. The maximum Gasteiger partial charge on any atom is 0.344 e. The van der Waals surface area contributed by atoms with Gasteiger partial charge in [-0.05, 0) is 106 Å². The first-order valence-corrected chi connectivity index (χ1v) is 26.8. The minimum Gasteiger partial charge on any atom is -0.481 e. The summed E-state index contributed by atoms with van der Waals surface area (Å²) in [6, 6.07) is 16.7. The number of esters is 2. The molecule has 0 aliphatic carbocycles. The molecule has 2 aliphatic rings. The van der Waals surface area contributed by atoms with Crippen LogP contribution in [0.2, 0.25) is 0 Å². The van der Waals surface area contributed by atoms with Crippen molar-refractivity contribution in [2.75, 3.05) is 52.7 Å². The Morgan fingerprint density at radius 3 is 1.00 bits per heavy atom. The second kappa shape index (κ2) is 22.4. The van der Waals surface area contributed by atoms with Crippen LogP contribution in [0, 0.1) is 0 Å². The number of ether oxygens (including phenoxy) is 6. The number of benzene rings is 4. The van der Waals surface area contributed by atoms with Gasteiger partial charge in [0.25, 0.3) is 11.8 Å². The normalized spacial score (nSPS) is 14.8. The van der Waals surface area contributed by atoms with Crippen LogP contribution >= 0.6 is 47.0 Å². The first kappa shape index (κ1) is 54.7. The van der Waals surface area contributed by atoms with Gasteiger partial charge in [-0.1, -0.05) is 130 Å². The zero-order valence-corrected chi connectivity index (χ0v) is 46.3. The topological polar surface area (TPSA) is 148 Å². The van der Waals surface area contributed by atoms with Gasteiger partial charge in [-0.15, -0.1) is 0 Å². The summed E-state index contributed by atoms with van der Waals surface area (Å²) in [5.41, 5.74) is 2.55. The van der Waals surface area contributed by atoms with Crippen LogP contribution in [0.25, 0.3) is 0 Å². The summed E-state index contributed by atoms with van der Waals surface area (Å²) in [6.07, 6.45) is 0. The van der Waals surface area contributed by atoms with Gasteiger partial charge in [-0.3, -0.25) is 9.59 Å². The van der Waals surface area contributed by atoms with Crippen LogP contribution in [-0.4, -0.2) is 76.5 Å². The van der Waals surface area contributed by atoms with Gasteiger partial charge in [0.15, 0.2) is 26.4 Å². The third-order valence-electron chi connectivity index (χ3n) is 11.2. The molecule has 0 saturated heterocycles. The van der Waals surface area contributed by atoms with Crippen molar-refractivity contribution >= 4 is 70.8 Å². The SMILES string of the molecule is CCOC(=O)COc1c2cc(C(C)(C)C)cc1Sc1cc(C(C)(C)C)cc(c1OCC(=O)OCC)Sc1cc(C(C)(C)C)cc3c1OCC(=O)NCCNC(=O)COc1c(cc(C(C)(C)C)cc1S2)S3. The molecule has 6 rings (SSSR count). The van der Waals surface area contributed by atoms with Gasteiger partial charge in [0.1, 0.15) is 23.0 Å². The van der Waals surface area contributed by atoms with Crippen LogP contribution < -0.4 is 29.6 Å². The maximum atomic E-state index is 13.5. The highest BCUT2D eigenvalue weighted by Gasteiger charge is 2.31. The summed E-state index contributed by atoms with van der Waals surface area (Å²) in [7, 11) is 0. The van der Waals surface area contributed by atoms with Gasteiger partial charge in [-0.25, -0.2) is 9.59 Å². The van der Waals surface area contributed by atoms with Crippen LogP contribution in [0.3, 0.4) is 0 Å². The smallest absolute Gasteiger partial charge is 0.344 e. The number of nitrogens with one attached hydrogen (secondary N) is 2. The second-order valence-electron chi connectivity index (χ2n) is 21.1. The number of hydrogen-bond acceptors (Lipinski definition) is 14.